The van der Waals surface area contributed by atoms with Gasteiger partial charge in [-0.2, -0.15) is 15.2 Å². The van der Waals surface area contributed by atoms with Gasteiger partial charge in [0.25, 0.3) is 0 Å². The topological polar surface area (TPSA) is 119 Å². The second-order valence-electron chi connectivity index (χ2n) is 3.43. The lowest BCUT2D eigenvalue weighted by molar-refractivity contribution is 0.359. The van der Waals surface area contributed by atoms with Crippen LogP contribution in [-0.2, 0) is 0 Å². The van der Waals surface area contributed by atoms with Gasteiger partial charge in [0.1, 0.15) is 17.6 Å². The Bertz CT molecular complexity index is 650. The third-order valence-corrected chi connectivity index (χ3v) is 2.18. The van der Waals surface area contributed by atoms with Crippen molar-refractivity contribution < 1.29 is 13.9 Å². The fourth-order valence-corrected chi connectivity index (χ4v) is 1.29. The van der Waals surface area contributed by atoms with Gasteiger partial charge in [0, 0.05) is 6.07 Å². The van der Waals surface area contributed by atoms with E-state index in [0.29, 0.717) is 0 Å². The zero-order chi connectivity index (χ0) is 14.5. The molecule has 0 aliphatic heterocycles. The van der Waals surface area contributed by atoms with E-state index in [1.165, 1.54) is 19.2 Å². The Kier molecular flexibility index (Phi) is 3.88. The predicted molar refractivity (Wildman–Crippen MR) is 65.4 cm³/mol. The quantitative estimate of drug-likeness (QED) is 0.626. The summed E-state index contributed by atoms with van der Waals surface area (Å²) in [6, 6.07) is 5.30. The predicted octanol–water partition coefficient (Wildman–Crippen LogP) is 0.969. The average molecular weight is 276 g/mol. The van der Waals surface area contributed by atoms with Gasteiger partial charge >= 0.3 is 12.0 Å². The highest BCUT2D eigenvalue weighted by molar-refractivity contribution is 5.37. The molecule has 0 amide bonds. The number of benzene rings is 1. The molecule has 1 aromatic heterocycles. The first kappa shape index (κ1) is 13.4. The Morgan fingerprint density at radius 1 is 1.30 bits per heavy atom. The van der Waals surface area contributed by atoms with Crippen LogP contribution in [0.3, 0.4) is 0 Å². The van der Waals surface area contributed by atoms with E-state index in [-0.39, 0.29) is 29.3 Å². The van der Waals surface area contributed by atoms with Crippen LogP contribution in [-0.4, -0.2) is 22.1 Å². The Balaban J connectivity index is 2.30. The fourth-order valence-electron chi connectivity index (χ4n) is 1.29. The van der Waals surface area contributed by atoms with Crippen molar-refractivity contribution in [2.75, 3.05) is 12.5 Å². The van der Waals surface area contributed by atoms with Crippen molar-refractivity contribution >= 4 is 5.95 Å². The lowest BCUT2D eigenvalue weighted by atomic mass is 10.2. The lowest BCUT2D eigenvalue weighted by Gasteiger charge is -2.07. The van der Waals surface area contributed by atoms with Gasteiger partial charge in [-0.15, -0.1) is 4.98 Å². The molecule has 102 valence electrons. The Morgan fingerprint density at radius 2 is 2.05 bits per heavy atom. The molecule has 8 nitrogen and oxygen atoms in total. The van der Waals surface area contributed by atoms with Crippen molar-refractivity contribution in [2.24, 2.45) is 5.84 Å². The summed E-state index contributed by atoms with van der Waals surface area (Å²) in [4.78, 5) is 11.4. The van der Waals surface area contributed by atoms with Gasteiger partial charge in [-0.3, -0.25) is 5.43 Å². The molecule has 0 aliphatic rings. The van der Waals surface area contributed by atoms with Crippen LogP contribution in [0.15, 0.2) is 18.2 Å². The highest BCUT2D eigenvalue weighted by Gasteiger charge is 2.10. The summed E-state index contributed by atoms with van der Waals surface area (Å²) in [5.74, 6) is 4.63. The third-order valence-electron chi connectivity index (χ3n) is 2.18. The molecule has 0 saturated carbocycles. The normalized spacial score (nSPS) is 9.70. The van der Waals surface area contributed by atoms with Gasteiger partial charge in [0.05, 0.1) is 12.7 Å². The molecular formula is C11H9FN6O2. The summed E-state index contributed by atoms with van der Waals surface area (Å²) >= 11 is 0. The molecule has 1 aromatic carbocycles. The molecule has 0 bridgehead atoms. The van der Waals surface area contributed by atoms with Crippen molar-refractivity contribution in [3.8, 4) is 23.8 Å². The fraction of sp³-hybridized carbons (Fsp3) is 0.0909. The summed E-state index contributed by atoms with van der Waals surface area (Å²) in [6.07, 6.45) is 0. The summed E-state index contributed by atoms with van der Waals surface area (Å²) in [6.45, 7) is 0. The van der Waals surface area contributed by atoms with Gasteiger partial charge in [-0.25, -0.2) is 10.2 Å². The highest BCUT2D eigenvalue weighted by atomic mass is 19.1. The van der Waals surface area contributed by atoms with Crippen LogP contribution in [0.2, 0.25) is 0 Å². The van der Waals surface area contributed by atoms with Crippen molar-refractivity contribution in [3.05, 3.63) is 29.6 Å². The number of hydrogen-bond donors (Lipinski definition) is 2. The van der Waals surface area contributed by atoms with Gasteiger partial charge < -0.3 is 9.47 Å². The van der Waals surface area contributed by atoms with Crippen molar-refractivity contribution in [2.45, 2.75) is 0 Å². The maximum Gasteiger partial charge on any atom is 0.330 e. The molecule has 2 rings (SSSR count). The number of nitrogens with two attached hydrogens (primary N) is 1. The lowest BCUT2D eigenvalue weighted by Crippen LogP contribution is -2.12. The van der Waals surface area contributed by atoms with Gasteiger partial charge in [-0.1, -0.05) is 0 Å². The molecule has 0 spiro atoms. The number of nitrogen functional groups attached to an aromatic ring is 1. The first-order valence-electron chi connectivity index (χ1n) is 5.30. The van der Waals surface area contributed by atoms with E-state index >= 15 is 0 Å². The maximum absolute atomic E-state index is 13.4. The van der Waals surface area contributed by atoms with Gasteiger partial charge in [0.2, 0.25) is 5.95 Å². The van der Waals surface area contributed by atoms with Crippen LogP contribution in [0.1, 0.15) is 5.56 Å². The number of anilines is 1. The Morgan fingerprint density at radius 3 is 2.65 bits per heavy atom. The second kappa shape index (κ2) is 5.77. The molecular weight excluding hydrogens is 267 g/mol. The number of hydrazine groups is 1. The van der Waals surface area contributed by atoms with Gasteiger partial charge in [-0.05, 0) is 12.1 Å². The van der Waals surface area contributed by atoms with E-state index in [4.69, 9.17) is 20.6 Å². The van der Waals surface area contributed by atoms with Crippen LogP contribution >= 0.6 is 0 Å². The molecule has 0 aliphatic carbocycles. The van der Waals surface area contributed by atoms with Crippen LogP contribution in [0.4, 0.5) is 10.3 Å². The molecule has 20 heavy (non-hydrogen) atoms. The standard InChI is InChI=1S/C11H9FN6O2/c1-19-10-15-9(18-14)16-11(17-10)20-7-3-2-6(5-13)8(12)4-7/h2-4H,14H2,1H3,(H,15,16,17,18). The van der Waals surface area contributed by atoms with E-state index in [2.05, 4.69) is 20.4 Å². The zero-order valence-corrected chi connectivity index (χ0v) is 10.3. The van der Waals surface area contributed by atoms with Crippen molar-refractivity contribution in [3.63, 3.8) is 0 Å². The number of methoxy groups -OCH3 is 1. The number of nitrogens with one attached hydrogen (secondary N) is 1. The third kappa shape index (κ3) is 2.88. The van der Waals surface area contributed by atoms with Crippen molar-refractivity contribution in [1.29, 1.82) is 5.26 Å². The first-order valence-corrected chi connectivity index (χ1v) is 5.30. The van der Waals surface area contributed by atoms with Crippen LogP contribution in [0.25, 0.3) is 0 Å². The number of nitrogens with zero attached hydrogens (tertiary/aromatic N) is 4. The minimum Gasteiger partial charge on any atom is -0.467 e. The zero-order valence-electron chi connectivity index (χ0n) is 10.3. The van der Waals surface area contributed by atoms with Crippen LogP contribution < -0.4 is 20.7 Å². The summed E-state index contributed by atoms with van der Waals surface area (Å²) in [7, 11) is 1.36. The van der Waals surface area contributed by atoms with E-state index in [9.17, 15) is 4.39 Å². The number of ether oxygens (including phenoxy) is 2. The smallest absolute Gasteiger partial charge is 0.330 e. The van der Waals surface area contributed by atoms with Crippen LogP contribution in [0.5, 0.6) is 17.8 Å². The number of hydrogen-bond acceptors (Lipinski definition) is 8. The minimum absolute atomic E-state index is 0.0166. The van der Waals surface area contributed by atoms with Crippen molar-refractivity contribution in [1.82, 2.24) is 15.0 Å². The van der Waals surface area contributed by atoms with E-state index in [1.54, 1.807) is 6.07 Å². The van der Waals surface area contributed by atoms with Gasteiger partial charge in [0.15, 0.2) is 0 Å². The van der Waals surface area contributed by atoms with E-state index in [1.807, 2.05) is 0 Å². The molecule has 0 saturated heterocycles. The number of nitriles is 1. The SMILES string of the molecule is COc1nc(NN)nc(Oc2ccc(C#N)c(F)c2)n1. The largest absolute Gasteiger partial charge is 0.467 e. The minimum atomic E-state index is -0.705. The molecule has 0 fully saturated rings. The monoisotopic (exact) mass is 276 g/mol. The highest BCUT2D eigenvalue weighted by Crippen LogP contribution is 2.22. The van der Waals surface area contributed by atoms with E-state index < -0.39 is 5.82 Å². The number of halogens is 1. The Hall–Kier alpha value is -2.99. The maximum atomic E-state index is 13.4. The summed E-state index contributed by atoms with van der Waals surface area (Å²) < 4.78 is 23.5. The summed E-state index contributed by atoms with van der Waals surface area (Å²) in [5.41, 5.74) is 2.13. The average Bonchev–Trinajstić information content (AvgIpc) is 2.47. The number of aromatic nitrogens is 3. The van der Waals surface area contributed by atoms with E-state index in [0.717, 1.165) is 6.07 Å². The van der Waals surface area contributed by atoms with Crippen LogP contribution in [0, 0.1) is 17.1 Å². The molecule has 0 unspecified atom stereocenters. The molecule has 9 heteroatoms. The second-order valence-corrected chi connectivity index (χ2v) is 3.43. The molecule has 3 N–H and O–H groups in total. The molecule has 2 aromatic rings. The Labute approximate surface area is 113 Å². The molecule has 1 heterocycles. The summed E-state index contributed by atoms with van der Waals surface area (Å²) in [5, 5.41) is 8.63. The number of rotatable bonds is 4. The molecule has 0 radical (unpaired) electrons. The first-order chi connectivity index (χ1) is 9.66. The molecule has 0 atom stereocenters.